The summed E-state index contributed by atoms with van der Waals surface area (Å²) < 4.78 is 71.5. The Morgan fingerprint density at radius 1 is 0.839 bits per heavy atom. The molecule has 3 rings (SSSR count). The van der Waals surface area contributed by atoms with Crippen LogP contribution in [-0.2, 0) is 33.3 Å². The van der Waals surface area contributed by atoms with Crippen LogP contribution in [0.3, 0.4) is 0 Å². The van der Waals surface area contributed by atoms with Crippen molar-refractivity contribution in [2.45, 2.75) is 38.6 Å². The first-order chi connectivity index (χ1) is 26.9. The zero-order chi connectivity index (χ0) is 40.6. The van der Waals surface area contributed by atoms with Gasteiger partial charge in [-0.05, 0) is 54.3 Å². The molecule has 1 atom stereocenters. The first kappa shape index (κ1) is 45.4. The monoisotopic (exact) mass is 793 g/mol. The first-order valence-electron chi connectivity index (χ1n) is 18.0. The fourth-order valence-corrected chi connectivity index (χ4v) is 5.04. The van der Waals surface area contributed by atoms with Crippen LogP contribution >= 0.6 is 0 Å². The van der Waals surface area contributed by atoms with Crippen molar-refractivity contribution in [2.24, 2.45) is 5.73 Å². The minimum absolute atomic E-state index is 0.0513. The number of pyridine rings is 1. The number of halogens is 3. The van der Waals surface area contributed by atoms with E-state index in [-0.39, 0.29) is 50.0 Å². The Labute approximate surface area is 323 Å². The third-order valence-electron chi connectivity index (χ3n) is 7.64. The molecule has 3 aromatic rings. The highest BCUT2D eigenvalue weighted by atomic mass is 19.4. The maximum atomic E-state index is 13.4. The SMILES string of the molecule is Cc1ccnc(NCCCC(=O)NCC(=O)N[C@@H](CC(=O)O)c2ccc(-c3ccc(OCCOCCOCCOCCOCCN)cc3OC(F)(F)F)cc2)c1. The molecule has 0 saturated carbocycles. The lowest BCUT2D eigenvalue weighted by molar-refractivity contribution is -0.274. The maximum absolute atomic E-state index is 13.4. The standard InChI is InChI=1S/C38H50F3N5O10/c1-27-10-13-44-34(23-27)43-12-2-3-35(47)45-26-36(48)46-32(25-37(49)50)29-6-4-28(5-7-29)31-9-8-30(24-33(31)56-38(39,40)41)55-22-21-54-20-19-53-18-17-52-16-15-51-14-11-42/h4-10,13,23-24,32H,2-3,11-12,14-22,25-26,42H2,1H3,(H,43,44)(H,45,47)(H,46,48)(H,49,50)/t32-/m0/s1. The second kappa shape index (κ2) is 25.2. The molecule has 2 amide bonds. The lowest BCUT2D eigenvalue weighted by Crippen LogP contribution is -2.39. The van der Waals surface area contributed by atoms with Crippen LogP contribution in [-0.4, -0.2) is 113 Å². The van der Waals surface area contributed by atoms with Crippen LogP contribution in [0.5, 0.6) is 11.5 Å². The van der Waals surface area contributed by atoms with Gasteiger partial charge in [-0.2, -0.15) is 0 Å². The Morgan fingerprint density at radius 3 is 2.09 bits per heavy atom. The molecule has 0 bridgehead atoms. The summed E-state index contributed by atoms with van der Waals surface area (Å²) in [6.07, 6.45) is -3.17. The van der Waals surface area contributed by atoms with E-state index in [4.69, 9.17) is 29.4 Å². The van der Waals surface area contributed by atoms with Crippen molar-refractivity contribution in [1.82, 2.24) is 15.6 Å². The number of aryl methyl sites for hydroxylation is 1. The lowest BCUT2D eigenvalue weighted by atomic mass is 9.98. The number of carboxylic acid groups (broad SMARTS) is 1. The van der Waals surface area contributed by atoms with Gasteiger partial charge in [0.25, 0.3) is 0 Å². The molecular formula is C38H50F3N5O10. The summed E-state index contributed by atoms with van der Waals surface area (Å²) in [5, 5.41) is 17.7. The number of nitrogens with zero attached hydrogens (tertiary/aromatic N) is 1. The molecule has 0 radical (unpaired) electrons. The number of rotatable bonds is 28. The third kappa shape index (κ3) is 19.0. The zero-order valence-corrected chi connectivity index (χ0v) is 31.2. The Balaban J connectivity index is 1.48. The predicted octanol–water partition coefficient (Wildman–Crippen LogP) is 4.00. The van der Waals surface area contributed by atoms with Crippen LogP contribution in [0.2, 0.25) is 0 Å². The third-order valence-corrected chi connectivity index (χ3v) is 7.64. The van der Waals surface area contributed by atoms with E-state index < -0.39 is 36.5 Å². The summed E-state index contributed by atoms with van der Waals surface area (Å²) in [6.45, 7) is 5.46. The number of nitrogens with two attached hydrogens (primary N) is 1. The molecule has 0 fully saturated rings. The number of carbonyl (C=O) groups excluding carboxylic acids is 2. The van der Waals surface area contributed by atoms with Crippen LogP contribution in [0.1, 0.15) is 36.4 Å². The molecule has 6 N–H and O–H groups in total. The van der Waals surface area contributed by atoms with Crippen LogP contribution in [0.4, 0.5) is 19.0 Å². The molecular weight excluding hydrogens is 743 g/mol. The lowest BCUT2D eigenvalue weighted by Gasteiger charge is -2.19. The molecule has 15 nitrogen and oxygen atoms in total. The Bertz CT molecular complexity index is 1630. The van der Waals surface area contributed by atoms with E-state index in [1.54, 1.807) is 6.20 Å². The minimum Gasteiger partial charge on any atom is -0.491 e. The molecule has 0 saturated heterocycles. The van der Waals surface area contributed by atoms with E-state index in [1.165, 1.54) is 36.4 Å². The highest BCUT2D eigenvalue weighted by Gasteiger charge is 2.32. The van der Waals surface area contributed by atoms with Crippen LogP contribution in [0, 0.1) is 6.92 Å². The van der Waals surface area contributed by atoms with E-state index >= 15 is 0 Å². The summed E-state index contributed by atoms with van der Waals surface area (Å²) in [5.41, 5.74) is 7.18. The van der Waals surface area contributed by atoms with E-state index in [9.17, 15) is 32.7 Å². The van der Waals surface area contributed by atoms with Crippen molar-refractivity contribution >= 4 is 23.6 Å². The van der Waals surface area contributed by atoms with Crippen LogP contribution in [0.15, 0.2) is 60.8 Å². The second-order valence-corrected chi connectivity index (χ2v) is 12.2. The molecule has 56 heavy (non-hydrogen) atoms. The highest BCUT2D eigenvalue weighted by molar-refractivity contribution is 5.85. The van der Waals surface area contributed by atoms with E-state index in [2.05, 4.69) is 25.7 Å². The van der Waals surface area contributed by atoms with Crippen molar-refractivity contribution in [3.05, 3.63) is 71.9 Å². The summed E-state index contributed by atoms with van der Waals surface area (Å²) in [6, 6.07) is 12.7. The number of carbonyl (C=O) groups is 3. The molecule has 0 aliphatic rings. The number of alkyl halides is 3. The van der Waals surface area contributed by atoms with E-state index in [1.807, 2.05) is 19.1 Å². The van der Waals surface area contributed by atoms with Crippen molar-refractivity contribution < 1.29 is 61.1 Å². The van der Waals surface area contributed by atoms with Gasteiger partial charge >= 0.3 is 12.3 Å². The highest BCUT2D eigenvalue weighted by Crippen LogP contribution is 2.37. The molecule has 308 valence electrons. The number of amides is 2. The van der Waals surface area contributed by atoms with Crippen molar-refractivity contribution in [1.29, 1.82) is 0 Å². The number of nitrogens with one attached hydrogen (secondary N) is 3. The van der Waals surface area contributed by atoms with E-state index in [0.717, 1.165) is 11.6 Å². The van der Waals surface area contributed by atoms with Crippen molar-refractivity contribution in [3.8, 4) is 22.6 Å². The Kier molecular flexibility index (Phi) is 20.4. The normalized spacial score (nSPS) is 11.8. The number of hydrogen-bond donors (Lipinski definition) is 5. The molecule has 18 heteroatoms. The molecule has 0 aliphatic carbocycles. The smallest absolute Gasteiger partial charge is 0.491 e. The number of hydrogen-bond acceptors (Lipinski definition) is 12. The number of ether oxygens (including phenoxy) is 6. The van der Waals surface area contributed by atoms with Gasteiger partial charge < -0.3 is 55.2 Å². The summed E-state index contributed by atoms with van der Waals surface area (Å²) in [5.74, 6) is -1.88. The molecule has 0 spiro atoms. The van der Waals surface area contributed by atoms with Crippen LogP contribution in [0.25, 0.3) is 11.1 Å². The number of benzene rings is 2. The van der Waals surface area contributed by atoms with Crippen molar-refractivity contribution in [3.63, 3.8) is 0 Å². The maximum Gasteiger partial charge on any atom is 0.573 e. The minimum atomic E-state index is -5.00. The first-order valence-corrected chi connectivity index (χ1v) is 18.0. The largest absolute Gasteiger partial charge is 0.573 e. The van der Waals surface area contributed by atoms with Gasteiger partial charge in [0.1, 0.15) is 23.9 Å². The van der Waals surface area contributed by atoms with Crippen molar-refractivity contribution in [2.75, 3.05) is 84.4 Å². The fourth-order valence-electron chi connectivity index (χ4n) is 5.04. The average molecular weight is 794 g/mol. The average Bonchev–Trinajstić information content (AvgIpc) is 3.15. The number of anilines is 1. The summed E-state index contributed by atoms with van der Waals surface area (Å²) >= 11 is 0. The number of carboxylic acids is 1. The quantitative estimate of drug-likeness (QED) is 0.0662. The zero-order valence-electron chi connectivity index (χ0n) is 31.2. The predicted molar refractivity (Wildman–Crippen MR) is 199 cm³/mol. The summed E-state index contributed by atoms with van der Waals surface area (Å²) in [4.78, 5) is 40.8. The Morgan fingerprint density at radius 2 is 1.48 bits per heavy atom. The second-order valence-electron chi connectivity index (χ2n) is 12.2. The van der Waals surface area contributed by atoms with E-state index in [0.29, 0.717) is 76.1 Å². The molecule has 0 aliphatic heterocycles. The van der Waals surface area contributed by atoms with Crippen LogP contribution < -0.4 is 31.2 Å². The number of aliphatic carboxylic acids is 1. The fraction of sp³-hybridized carbons (Fsp3) is 0.474. The van der Waals surface area contributed by atoms with Gasteiger partial charge in [0, 0.05) is 37.3 Å². The van der Waals surface area contributed by atoms with Gasteiger partial charge in [-0.3, -0.25) is 14.4 Å². The van der Waals surface area contributed by atoms with Gasteiger partial charge in [-0.25, -0.2) is 4.98 Å². The molecule has 0 unspecified atom stereocenters. The van der Waals surface area contributed by atoms with Gasteiger partial charge in [0.05, 0.1) is 71.9 Å². The summed E-state index contributed by atoms with van der Waals surface area (Å²) in [7, 11) is 0. The van der Waals surface area contributed by atoms with Gasteiger partial charge in [0.15, 0.2) is 0 Å². The topological polar surface area (TPSA) is 202 Å². The van der Waals surface area contributed by atoms with Gasteiger partial charge in [0.2, 0.25) is 11.8 Å². The van der Waals surface area contributed by atoms with Gasteiger partial charge in [-0.15, -0.1) is 13.2 Å². The number of aromatic nitrogens is 1. The molecule has 2 aromatic carbocycles. The Hall–Kier alpha value is -5.01. The molecule has 1 aromatic heterocycles. The molecule has 1 heterocycles. The van der Waals surface area contributed by atoms with Gasteiger partial charge in [-0.1, -0.05) is 24.3 Å².